The molecule has 23 heavy (non-hydrogen) atoms. The SMILES string of the molecule is CN1CCN=C1NCc1ccc(CNC2=NCCN2C)cc1.I. The third-order valence-corrected chi connectivity index (χ3v) is 4.04. The first-order valence-corrected chi connectivity index (χ1v) is 7.79. The molecule has 0 spiro atoms. The van der Waals surface area contributed by atoms with Crippen LogP contribution in [-0.2, 0) is 13.1 Å². The van der Waals surface area contributed by atoms with E-state index in [1.165, 1.54) is 11.1 Å². The molecule has 2 aliphatic rings. The summed E-state index contributed by atoms with van der Waals surface area (Å²) in [6, 6.07) is 8.67. The zero-order valence-electron chi connectivity index (χ0n) is 13.7. The molecule has 0 aliphatic carbocycles. The van der Waals surface area contributed by atoms with Gasteiger partial charge < -0.3 is 20.4 Å². The lowest BCUT2D eigenvalue weighted by molar-refractivity contribution is 0.533. The predicted molar refractivity (Wildman–Crippen MR) is 105 cm³/mol. The van der Waals surface area contributed by atoms with Crippen molar-refractivity contribution in [2.24, 2.45) is 9.98 Å². The van der Waals surface area contributed by atoms with E-state index in [1.54, 1.807) is 0 Å². The molecule has 0 aromatic heterocycles. The highest BCUT2D eigenvalue weighted by molar-refractivity contribution is 14.0. The minimum Gasteiger partial charge on any atom is -0.352 e. The summed E-state index contributed by atoms with van der Waals surface area (Å²) in [4.78, 5) is 13.2. The van der Waals surface area contributed by atoms with Gasteiger partial charge in [0.25, 0.3) is 0 Å². The molecule has 0 saturated heterocycles. The maximum absolute atomic E-state index is 4.43. The smallest absolute Gasteiger partial charge is 0.194 e. The zero-order valence-corrected chi connectivity index (χ0v) is 16.1. The number of benzene rings is 1. The van der Waals surface area contributed by atoms with Crippen LogP contribution in [0.5, 0.6) is 0 Å². The van der Waals surface area contributed by atoms with E-state index in [0.29, 0.717) is 0 Å². The second kappa shape index (κ2) is 8.37. The standard InChI is InChI=1S/C16H24N6.HI/c1-21-9-7-17-15(21)19-11-13-3-5-14(6-4-13)12-20-16-18-8-10-22(16)2;/h3-6H,7-12H2,1-2H3,(H,17,19)(H,18,20);1H. The molecule has 2 aliphatic heterocycles. The van der Waals surface area contributed by atoms with Crippen LogP contribution in [0.4, 0.5) is 0 Å². The first kappa shape index (κ1) is 17.8. The average Bonchev–Trinajstić information content (AvgIpc) is 3.12. The summed E-state index contributed by atoms with van der Waals surface area (Å²) >= 11 is 0. The highest BCUT2D eigenvalue weighted by Crippen LogP contribution is 2.06. The number of likely N-dealkylation sites (N-methyl/N-ethyl adjacent to an activating group) is 2. The molecule has 0 atom stereocenters. The largest absolute Gasteiger partial charge is 0.352 e. The highest BCUT2D eigenvalue weighted by Gasteiger charge is 2.12. The lowest BCUT2D eigenvalue weighted by atomic mass is 10.1. The van der Waals surface area contributed by atoms with Gasteiger partial charge in [-0.15, -0.1) is 24.0 Å². The van der Waals surface area contributed by atoms with Crippen molar-refractivity contribution in [3.8, 4) is 0 Å². The Bertz CT molecular complexity index is 517. The van der Waals surface area contributed by atoms with Crippen LogP contribution in [0.25, 0.3) is 0 Å². The van der Waals surface area contributed by atoms with Crippen molar-refractivity contribution in [1.82, 2.24) is 20.4 Å². The summed E-state index contributed by atoms with van der Waals surface area (Å²) < 4.78 is 0. The van der Waals surface area contributed by atoms with E-state index in [1.807, 2.05) is 0 Å². The Balaban J connectivity index is 0.00000192. The molecule has 2 N–H and O–H groups in total. The molecule has 0 saturated carbocycles. The number of hydrogen-bond acceptors (Lipinski definition) is 6. The monoisotopic (exact) mass is 428 g/mol. The molecule has 1 aromatic rings. The van der Waals surface area contributed by atoms with Crippen molar-refractivity contribution in [1.29, 1.82) is 0 Å². The summed E-state index contributed by atoms with van der Waals surface area (Å²) in [5.74, 6) is 1.99. The van der Waals surface area contributed by atoms with Crippen LogP contribution in [0, 0.1) is 0 Å². The van der Waals surface area contributed by atoms with E-state index in [9.17, 15) is 0 Å². The van der Waals surface area contributed by atoms with Gasteiger partial charge in [-0.3, -0.25) is 9.98 Å². The maximum atomic E-state index is 4.43. The molecular formula is C16H25IN6. The fraction of sp³-hybridized carbons (Fsp3) is 0.500. The molecule has 0 unspecified atom stereocenters. The number of rotatable bonds is 4. The topological polar surface area (TPSA) is 55.3 Å². The fourth-order valence-corrected chi connectivity index (χ4v) is 2.58. The number of nitrogens with zero attached hydrogens (tertiary/aromatic N) is 4. The third kappa shape index (κ3) is 4.73. The normalized spacial score (nSPS) is 16.8. The van der Waals surface area contributed by atoms with Crippen LogP contribution in [0.15, 0.2) is 34.3 Å². The molecule has 0 bridgehead atoms. The molecule has 6 nitrogen and oxygen atoms in total. The summed E-state index contributed by atoms with van der Waals surface area (Å²) in [5, 5.41) is 6.77. The lowest BCUT2D eigenvalue weighted by Crippen LogP contribution is -2.35. The molecule has 0 fully saturated rings. The van der Waals surface area contributed by atoms with E-state index in [4.69, 9.17) is 0 Å². The van der Waals surface area contributed by atoms with E-state index in [2.05, 4.69) is 68.8 Å². The number of halogens is 1. The highest BCUT2D eigenvalue weighted by atomic mass is 127. The average molecular weight is 428 g/mol. The van der Waals surface area contributed by atoms with Gasteiger partial charge in [0, 0.05) is 40.3 Å². The predicted octanol–water partition coefficient (Wildman–Crippen LogP) is 1.09. The van der Waals surface area contributed by atoms with Gasteiger partial charge in [0.05, 0.1) is 13.1 Å². The van der Waals surface area contributed by atoms with Crippen LogP contribution in [-0.4, -0.2) is 62.0 Å². The van der Waals surface area contributed by atoms with Crippen molar-refractivity contribution in [3.63, 3.8) is 0 Å². The van der Waals surface area contributed by atoms with Crippen LogP contribution in [0.3, 0.4) is 0 Å². The minimum absolute atomic E-state index is 0. The Morgan fingerprint density at radius 1 is 0.826 bits per heavy atom. The van der Waals surface area contributed by atoms with Crippen molar-refractivity contribution in [3.05, 3.63) is 35.4 Å². The van der Waals surface area contributed by atoms with Crippen molar-refractivity contribution in [2.45, 2.75) is 13.1 Å². The van der Waals surface area contributed by atoms with Gasteiger partial charge in [0.15, 0.2) is 11.9 Å². The van der Waals surface area contributed by atoms with Gasteiger partial charge >= 0.3 is 0 Å². The molecule has 3 rings (SSSR count). The molecule has 126 valence electrons. The van der Waals surface area contributed by atoms with Crippen LogP contribution in [0.1, 0.15) is 11.1 Å². The molecule has 0 radical (unpaired) electrons. The fourth-order valence-electron chi connectivity index (χ4n) is 2.58. The van der Waals surface area contributed by atoms with Gasteiger partial charge in [-0.25, -0.2) is 0 Å². The first-order valence-electron chi connectivity index (χ1n) is 7.79. The van der Waals surface area contributed by atoms with E-state index < -0.39 is 0 Å². The number of hydrogen-bond donors (Lipinski definition) is 2. The van der Waals surface area contributed by atoms with Gasteiger partial charge in [-0.1, -0.05) is 24.3 Å². The second-order valence-corrected chi connectivity index (χ2v) is 5.78. The second-order valence-electron chi connectivity index (χ2n) is 5.78. The van der Waals surface area contributed by atoms with Crippen LogP contribution < -0.4 is 10.6 Å². The third-order valence-electron chi connectivity index (χ3n) is 4.04. The minimum atomic E-state index is 0. The van der Waals surface area contributed by atoms with Crippen LogP contribution in [0.2, 0.25) is 0 Å². The quantitative estimate of drug-likeness (QED) is 0.706. The van der Waals surface area contributed by atoms with Crippen molar-refractivity contribution in [2.75, 3.05) is 40.3 Å². The maximum Gasteiger partial charge on any atom is 0.194 e. The first-order chi connectivity index (χ1) is 10.7. The molecule has 2 heterocycles. The Hall–Kier alpha value is -1.51. The van der Waals surface area contributed by atoms with Gasteiger partial charge in [0.1, 0.15) is 0 Å². The van der Waals surface area contributed by atoms with E-state index >= 15 is 0 Å². The molecule has 7 heteroatoms. The number of aliphatic imine (C=N–C) groups is 2. The zero-order chi connectivity index (χ0) is 15.4. The Kier molecular flexibility index (Phi) is 6.49. The van der Waals surface area contributed by atoms with Gasteiger partial charge in [0.2, 0.25) is 0 Å². The summed E-state index contributed by atoms with van der Waals surface area (Å²) in [6.07, 6.45) is 0. The summed E-state index contributed by atoms with van der Waals surface area (Å²) in [7, 11) is 4.13. The summed E-state index contributed by atoms with van der Waals surface area (Å²) in [6.45, 7) is 5.42. The lowest BCUT2D eigenvalue weighted by Gasteiger charge is -2.16. The number of guanidine groups is 2. The number of nitrogens with one attached hydrogen (secondary N) is 2. The van der Waals surface area contributed by atoms with Crippen molar-refractivity contribution < 1.29 is 0 Å². The molecule has 1 aromatic carbocycles. The van der Waals surface area contributed by atoms with E-state index in [-0.39, 0.29) is 24.0 Å². The summed E-state index contributed by atoms with van der Waals surface area (Å²) in [5.41, 5.74) is 2.53. The van der Waals surface area contributed by atoms with Gasteiger partial charge in [-0.05, 0) is 11.1 Å². The Morgan fingerprint density at radius 2 is 1.22 bits per heavy atom. The van der Waals surface area contributed by atoms with Crippen molar-refractivity contribution >= 4 is 35.9 Å². The van der Waals surface area contributed by atoms with E-state index in [0.717, 1.165) is 51.2 Å². The molecular weight excluding hydrogens is 403 g/mol. The molecule has 0 amide bonds. The van der Waals surface area contributed by atoms with Gasteiger partial charge in [-0.2, -0.15) is 0 Å². The Morgan fingerprint density at radius 3 is 1.52 bits per heavy atom. The Labute approximate surface area is 155 Å². The van der Waals surface area contributed by atoms with Crippen LogP contribution >= 0.6 is 24.0 Å².